The number of carbonyl (C=O) groups excluding carboxylic acids is 3. The van der Waals surface area contributed by atoms with Crippen LogP contribution in [0.2, 0.25) is 0 Å². The maximum absolute atomic E-state index is 12.9. The van der Waals surface area contributed by atoms with Gasteiger partial charge < -0.3 is 34.2 Å². The highest BCUT2D eigenvalue weighted by molar-refractivity contribution is 7.47. The number of rotatable bonds is 58. The Bertz CT molecular complexity index is 1960. The van der Waals surface area contributed by atoms with Gasteiger partial charge in [0.1, 0.15) is 25.4 Å². The number of hydrogen-bond acceptors (Lipinski definition) is 14. The van der Waals surface area contributed by atoms with Crippen LogP contribution in [-0.2, 0) is 55.8 Å². The highest BCUT2D eigenvalue weighted by Crippen LogP contribution is 2.45. The summed E-state index contributed by atoms with van der Waals surface area (Å²) in [6, 6.07) is 0. The maximum Gasteiger partial charge on any atom is 0.472 e. The molecule has 0 rings (SSSR count). The first-order valence-electron chi connectivity index (χ1n) is 31.2. The molecular weight excluding hydrogens is 1100 g/mol. The molecule has 0 radical (unpaired) electrons. The molecule has 0 aliphatic rings. The van der Waals surface area contributed by atoms with E-state index in [0.29, 0.717) is 25.7 Å². The van der Waals surface area contributed by atoms with E-state index in [0.717, 1.165) is 135 Å². The van der Waals surface area contributed by atoms with E-state index < -0.39 is 91.5 Å². The molecule has 83 heavy (non-hydrogen) atoms. The number of unbranched alkanes of at least 4 members (excludes halogenated alkanes) is 17. The van der Waals surface area contributed by atoms with Crippen LogP contribution in [0.25, 0.3) is 0 Å². The lowest BCUT2D eigenvalue weighted by atomic mass is 10.1. The highest BCUT2D eigenvalue weighted by Gasteiger charge is 2.29. The average molecular weight is 1210 g/mol. The van der Waals surface area contributed by atoms with Gasteiger partial charge in [0.2, 0.25) is 0 Å². The van der Waals surface area contributed by atoms with E-state index in [1.54, 1.807) is 0 Å². The number of esters is 3. The number of allylic oxidation sites excluding steroid dienone is 18. The number of hydrogen-bond donors (Lipinski definition) is 4. The van der Waals surface area contributed by atoms with E-state index in [1.807, 2.05) is 12.2 Å². The van der Waals surface area contributed by atoms with Gasteiger partial charge in [0.15, 0.2) is 6.10 Å². The normalized spacial score (nSPS) is 15.1. The van der Waals surface area contributed by atoms with Crippen LogP contribution in [0, 0.1) is 0 Å². The predicted octanol–water partition coefficient (Wildman–Crippen LogP) is 16.5. The van der Waals surface area contributed by atoms with Crippen LogP contribution in [0.3, 0.4) is 0 Å². The number of ether oxygens (including phenoxy) is 3. The van der Waals surface area contributed by atoms with Crippen LogP contribution in [0.4, 0.5) is 0 Å². The molecule has 16 nitrogen and oxygen atoms in total. The summed E-state index contributed by atoms with van der Waals surface area (Å²) in [4.78, 5) is 58.1. The second kappa shape index (κ2) is 58.6. The van der Waals surface area contributed by atoms with Gasteiger partial charge in [-0.15, -0.1) is 0 Å². The lowest BCUT2D eigenvalue weighted by molar-refractivity contribution is -0.161. The Hall–Kier alpha value is -3.79. The minimum absolute atomic E-state index is 0.0889. The fourth-order valence-electron chi connectivity index (χ4n) is 7.73. The van der Waals surface area contributed by atoms with Crippen molar-refractivity contribution in [2.45, 2.75) is 245 Å². The summed E-state index contributed by atoms with van der Waals surface area (Å²) in [6.07, 6.45) is 63.0. The SMILES string of the molecule is CC/C=C\C/C=C\C/C=C\C/C=C\C/C=C\CCCC(=O)OCC(O)COP(=O)(O)OCC(O)COP(=O)(O)OCC(COC(=O)CCCCCCCCC/C=C\C/C=C\C/C=C\CC)OC(=O)CCCCCCC/C=C\CCCCCC. The molecule has 0 saturated carbocycles. The minimum Gasteiger partial charge on any atom is -0.463 e. The number of phosphoric acid groups is 2. The Morgan fingerprint density at radius 1 is 0.349 bits per heavy atom. The van der Waals surface area contributed by atoms with Crippen molar-refractivity contribution in [2.24, 2.45) is 0 Å². The third-order valence-electron chi connectivity index (χ3n) is 12.5. The number of phosphoric ester groups is 2. The fraction of sp³-hybridized carbons (Fsp3) is 0.677. The number of aliphatic hydroxyl groups excluding tert-OH is 2. The van der Waals surface area contributed by atoms with Crippen molar-refractivity contribution in [3.63, 3.8) is 0 Å². The van der Waals surface area contributed by atoms with Crippen LogP contribution < -0.4 is 0 Å². The van der Waals surface area contributed by atoms with E-state index in [9.17, 15) is 43.5 Å². The third-order valence-corrected chi connectivity index (χ3v) is 14.4. The van der Waals surface area contributed by atoms with Gasteiger partial charge in [-0.05, 0) is 116 Å². The maximum atomic E-state index is 12.9. The molecule has 0 aromatic carbocycles. The van der Waals surface area contributed by atoms with E-state index >= 15 is 0 Å². The topological polar surface area (TPSA) is 231 Å². The summed E-state index contributed by atoms with van der Waals surface area (Å²) >= 11 is 0. The van der Waals surface area contributed by atoms with Crippen LogP contribution >= 0.6 is 15.6 Å². The van der Waals surface area contributed by atoms with Crippen molar-refractivity contribution in [2.75, 3.05) is 39.6 Å². The Morgan fingerprint density at radius 2 is 0.651 bits per heavy atom. The molecule has 5 unspecified atom stereocenters. The first kappa shape index (κ1) is 79.2. The second-order valence-corrected chi connectivity index (χ2v) is 23.3. The standard InChI is InChI=1S/C65H110O16P2/c1-4-7-10-13-16-19-22-25-27-29-31-34-36-39-42-45-48-51-63(68)75-54-60(66)55-77-82(71,72)78-56-61(67)57-79-83(73,74)80-59-62(81-65(70)53-50-47-44-41-38-33-24-21-18-15-12-9-6-3)58-76-64(69)52-49-46-43-40-37-35-32-30-28-26-23-20-17-14-11-8-5-2/h7-8,10-11,16-17,19-21,24-28,31,34,39,42,60-62,66-67H,4-6,9,12-15,18,22-23,29-30,32-33,35-38,40-41,43-59H2,1-3H3,(H,71,72)(H,73,74)/b10-7-,11-8-,19-16-,20-17-,24-21-,27-25-,28-26-,34-31-,42-39-. The average Bonchev–Trinajstić information content (AvgIpc) is 3.46. The van der Waals surface area contributed by atoms with Gasteiger partial charge >= 0.3 is 33.6 Å². The van der Waals surface area contributed by atoms with E-state index in [4.69, 9.17) is 32.3 Å². The van der Waals surface area contributed by atoms with E-state index in [2.05, 4.69) is 118 Å². The second-order valence-electron chi connectivity index (χ2n) is 20.4. The predicted molar refractivity (Wildman–Crippen MR) is 334 cm³/mol. The van der Waals surface area contributed by atoms with Crippen LogP contribution in [0.5, 0.6) is 0 Å². The Balaban J connectivity index is 4.75. The molecule has 0 aromatic heterocycles. The van der Waals surface area contributed by atoms with Gasteiger partial charge in [0, 0.05) is 19.3 Å². The van der Waals surface area contributed by atoms with Crippen molar-refractivity contribution in [1.82, 2.24) is 0 Å². The first-order chi connectivity index (χ1) is 40.2. The molecule has 0 bridgehead atoms. The van der Waals surface area contributed by atoms with Crippen molar-refractivity contribution < 1.29 is 75.8 Å². The molecule has 0 amide bonds. The quantitative estimate of drug-likeness (QED) is 0.0146. The molecule has 0 saturated heterocycles. The zero-order chi connectivity index (χ0) is 61.0. The molecule has 0 spiro atoms. The lowest BCUT2D eigenvalue weighted by Gasteiger charge is -2.21. The minimum atomic E-state index is -4.93. The van der Waals surface area contributed by atoms with Crippen LogP contribution in [-0.4, -0.2) is 95.9 Å². The van der Waals surface area contributed by atoms with Crippen LogP contribution in [0.15, 0.2) is 109 Å². The van der Waals surface area contributed by atoms with E-state index in [-0.39, 0.29) is 19.3 Å². The van der Waals surface area contributed by atoms with Gasteiger partial charge in [-0.3, -0.25) is 32.5 Å². The molecule has 476 valence electrons. The monoisotopic (exact) mass is 1210 g/mol. The molecule has 5 atom stereocenters. The Kier molecular flexibility index (Phi) is 55.9. The van der Waals surface area contributed by atoms with Crippen molar-refractivity contribution >= 4 is 33.6 Å². The van der Waals surface area contributed by atoms with Crippen LogP contribution in [0.1, 0.15) is 226 Å². The fourth-order valence-corrected chi connectivity index (χ4v) is 9.32. The summed E-state index contributed by atoms with van der Waals surface area (Å²) in [7, 11) is -9.79. The lowest BCUT2D eigenvalue weighted by Crippen LogP contribution is -2.30. The summed E-state index contributed by atoms with van der Waals surface area (Å²) in [5.74, 6) is -1.66. The summed E-state index contributed by atoms with van der Waals surface area (Å²) in [6.45, 7) is 2.31. The largest absolute Gasteiger partial charge is 0.472 e. The van der Waals surface area contributed by atoms with Crippen molar-refractivity contribution in [1.29, 1.82) is 0 Å². The number of carbonyl (C=O) groups is 3. The smallest absolute Gasteiger partial charge is 0.463 e. The number of aliphatic hydroxyl groups is 2. The molecule has 0 aliphatic heterocycles. The van der Waals surface area contributed by atoms with E-state index in [1.165, 1.54) is 25.7 Å². The first-order valence-corrected chi connectivity index (χ1v) is 34.2. The third kappa shape index (κ3) is 59.7. The molecule has 0 fully saturated rings. The Labute approximate surface area is 500 Å². The molecule has 18 heteroatoms. The Morgan fingerprint density at radius 3 is 1.07 bits per heavy atom. The van der Waals surface area contributed by atoms with Crippen molar-refractivity contribution in [3.8, 4) is 0 Å². The summed E-state index contributed by atoms with van der Waals surface area (Å²) < 4.78 is 60.6. The zero-order valence-electron chi connectivity index (χ0n) is 51.1. The van der Waals surface area contributed by atoms with Gasteiger partial charge in [-0.25, -0.2) is 9.13 Å². The van der Waals surface area contributed by atoms with Gasteiger partial charge in [0.05, 0.1) is 26.4 Å². The molecule has 0 heterocycles. The van der Waals surface area contributed by atoms with Gasteiger partial charge in [-0.1, -0.05) is 201 Å². The molecule has 0 aliphatic carbocycles. The molecular formula is C65H110O16P2. The highest BCUT2D eigenvalue weighted by atomic mass is 31.2. The van der Waals surface area contributed by atoms with Gasteiger partial charge in [-0.2, -0.15) is 0 Å². The molecule has 4 N–H and O–H groups in total. The molecule has 0 aromatic rings. The summed E-state index contributed by atoms with van der Waals surface area (Å²) in [5.41, 5.74) is 0. The summed E-state index contributed by atoms with van der Waals surface area (Å²) in [5, 5.41) is 20.5. The van der Waals surface area contributed by atoms with Gasteiger partial charge in [0.25, 0.3) is 0 Å². The van der Waals surface area contributed by atoms with Crippen molar-refractivity contribution in [3.05, 3.63) is 109 Å². The zero-order valence-corrected chi connectivity index (χ0v) is 52.9.